The number of aryl methyl sites for hydroxylation is 1. The van der Waals surface area contributed by atoms with Gasteiger partial charge in [0.25, 0.3) is 0 Å². The molecule has 0 aliphatic rings. The zero-order valence-electron chi connectivity index (χ0n) is 18.6. The molecule has 0 saturated carbocycles. The zero-order valence-corrected chi connectivity index (χ0v) is 18.6. The largest absolute Gasteiger partial charge is 0.493 e. The normalized spacial score (nSPS) is 10.5. The highest BCUT2D eigenvalue weighted by atomic mass is 16.5. The Morgan fingerprint density at radius 3 is 2.48 bits per heavy atom. The fraction of sp³-hybridized carbons (Fsp3) is 0.292. The summed E-state index contributed by atoms with van der Waals surface area (Å²) >= 11 is 0. The Labute approximate surface area is 190 Å². The number of hydrogen-bond donors (Lipinski definition) is 1. The Morgan fingerprint density at radius 1 is 0.970 bits per heavy atom. The van der Waals surface area contributed by atoms with Gasteiger partial charge in [-0.15, -0.1) is 0 Å². The van der Waals surface area contributed by atoms with Gasteiger partial charge in [0.2, 0.25) is 0 Å². The third kappa shape index (κ3) is 6.25. The number of amides is 1. The zero-order chi connectivity index (χ0) is 23.8. The number of nitrogens with one attached hydrogen (secondary N) is 1. The number of hydrogen-bond acceptors (Lipinski definition) is 8. The summed E-state index contributed by atoms with van der Waals surface area (Å²) in [6.07, 6.45) is 0.00105. The van der Waals surface area contributed by atoms with Crippen molar-refractivity contribution in [2.24, 2.45) is 0 Å². The van der Waals surface area contributed by atoms with Crippen molar-refractivity contribution in [3.8, 4) is 11.5 Å². The van der Waals surface area contributed by atoms with E-state index in [2.05, 4.69) is 5.32 Å². The van der Waals surface area contributed by atoms with Crippen LogP contribution in [0.15, 0.2) is 51.7 Å². The van der Waals surface area contributed by atoms with Gasteiger partial charge in [-0.25, -0.2) is 9.59 Å². The first-order chi connectivity index (χ1) is 15.9. The molecule has 3 aromatic rings. The van der Waals surface area contributed by atoms with E-state index in [-0.39, 0.29) is 25.2 Å². The molecule has 3 rings (SSSR count). The lowest BCUT2D eigenvalue weighted by molar-refractivity contribution is -0.144. The van der Waals surface area contributed by atoms with Gasteiger partial charge in [0.15, 0.2) is 11.5 Å². The molecule has 0 saturated heterocycles. The van der Waals surface area contributed by atoms with Gasteiger partial charge in [0, 0.05) is 35.2 Å². The van der Waals surface area contributed by atoms with Crippen LogP contribution in [0.2, 0.25) is 0 Å². The van der Waals surface area contributed by atoms with Crippen molar-refractivity contribution >= 4 is 28.7 Å². The molecule has 0 radical (unpaired) electrons. The molecule has 0 aliphatic carbocycles. The molecule has 1 amide bonds. The fourth-order valence-corrected chi connectivity index (χ4v) is 3.23. The number of fused-ring (bicyclic) bond motifs is 1. The van der Waals surface area contributed by atoms with Crippen LogP contribution >= 0.6 is 0 Å². The first-order valence-electron chi connectivity index (χ1n) is 10.3. The number of esters is 1. The monoisotopic (exact) mass is 455 g/mol. The maximum Gasteiger partial charge on any atom is 0.411 e. The van der Waals surface area contributed by atoms with Crippen molar-refractivity contribution in [2.45, 2.75) is 26.4 Å². The van der Waals surface area contributed by atoms with Gasteiger partial charge in [-0.1, -0.05) is 6.07 Å². The standard InChI is InChI=1S/C24H25NO8/c1-4-31-24(28)25-17-7-8-18-16(12-23(27)33-20(18)13-17)14-32-22(26)10-6-15-5-9-19(29-2)21(11-15)30-3/h5,7-9,11-13H,4,6,10,14H2,1-3H3,(H,25,28). The number of rotatable bonds is 9. The number of carbonyl (C=O) groups is 2. The van der Waals surface area contributed by atoms with E-state index in [4.69, 9.17) is 23.4 Å². The fourth-order valence-electron chi connectivity index (χ4n) is 3.23. The van der Waals surface area contributed by atoms with Crippen LogP contribution in [0.5, 0.6) is 11.5 Å². The van der Waals surface area contributed by atoms with Crippen molar-refractivity contribution in [1.29, 1.82) is 0 Å². The van der Waals surface area contributed by atoms with Crippen molar-refractivity contribution in [3.63, 3.8) is 0 Å². The topological polar surface area (TPSA) is 113 Å². The quantitative estimate of drug-likeness (QED) is 0.380. The minimum absolute atomic E-state index is 0.0858. The summed E-state index contributed by atoms with van der Waals surface area (Å²) in [6.45, 7) is 1.84. The van der Waals surface area contributed by atoms with Crippen LogP contribution < -0.4 is 20.4 Å². The van der Waals surface area contributed by atoms with Crippen molar-refractivity contribution in [1.82, 2.24) is 0 Å². The third-order valence-corrected chi connectivity index (χ3v) is 4.81. The second kappa shape index (κ2) is 11.0. The summed E-state index contributed by atoms with van der Waals surface area (Å²) in [6, 6.07) is 11.5. The molecule has 1 N–H and O–H groups in total. The predicted molar refractivity (Wildman–Crippen MR) is 121 cm³/mol. The van der Waals surface area contributed by atoms with Crippen LogP contribution in [-0.4, -0.2) is 32.9 Å². The van der Waals surface area contributed by atoms with Crippen LogP contribution in [0.4, 0.5) is 10.5 Å². The van der Waals surface area contributed by atoms with Crippen LogP contribution in [0.25, 0.3) is 11.0 Å². The molecule has 0 spiro atoms. The molecule has 174 valence electrons. The van der Waals surface area contributed by atoms with Crippen molar-refractivity contribution in [2.75, 3.05) is 26.1 Å². The van der Waals surface area contributed by atoms with Gasteiger partial charge in [0.05, 0.1) is 20.8 Å². The molecule has 1 heterocycles. The number of methoxy groups -OCH3 is 2. The Bertz CT molecular complexity index is 1200. The Kier molecular flexibility index (Phi) is 7.91. The summed E-state index contributed by atoms with van der Waals surface area (Å²) < 4.78 is 25.9. The van der Waals surface area contributed by atoms with E-state index >= 15 is 0 Å². The Hall–Kier alpha value is -4.01. The lowest BCUT2D eigenvalue weighted by Gasteiger charge is -2.10. The minimum atomic E-state index is -0.612. The van der Waals surface area contributed by atoms with E-state index in [0.29, 0.717) is 34.6 Å². The van der Waals surface area contributed by atoms with E-state index in [1.165, 1.54) is 12.1 Å². The van der Waals surface area contributed by atoms with E-state index in [1.807, 2.05) is 12.1 Å². The van der Waals surface area contributed by atoms with Crippen LogP contribution in [-0.2, 0) is 27.3 Å². The molecule has 0 atom stereocenters. The maximum atomic E-state index is 12.3. The smallest absolute Gasteiger partial charge is 0.411 e. The molecule has 9 nitrogen and oxygen atoms in total. The van der Waals surface area contributed by atoms with Gasteiger partial charge >= 0.3 is 17.7 Å². The molecular weight excluding hydrogens is 430 g/mol. The van der Waals surface area contributed by atoms with Crippen LogP contribution in [0.1, 0.15) is 24.5 Å². The van der Waals surface area contributed by atoms with E-state index < -0.39 is 17.7 Å². The van der Waals surface area contributed by atoms with Gasteiger partial charge in [-0.3, -0.25) is 10.1 Å². The number of ether oxygens (including phenoxy) is 4. The molecular formula is C24H25NO8. The van der Waals surface area contributed by atoms with Crippen LogP contribution in [0.3, 0.4) is 0 Å². The average molecular weight is 455 g/mol. The highest BCUT2D eigenvalue weighted by Gasteiger charge is 2.12. The van der Waals surface area contributed by atoms with E-state index in [9.17, 15) is 14.4 Å². The lowest BCUT2D eigenvalue weighted by Crippen LogP contribution is -2.13. The first-order valence-corrected chi connectivity index (χ1v) is 10.3. The van der Waals surface area contributed by atoms with Gasteiger partial charge in [-0.2, -0.15) is 0 Å². The average Bonchev–Trinajstić information content (AvgIpc) is 2.80. The third-order valence-electron chi connectivity index (χ3n) is 4.81. The second-order valence-electron chi connectivity index (χ2n) is 7.00. The molecule has 0 aliphatic heterocycles. The predicted octanol–water partition coefficient (Wildman–Crippen LogP) is 4.05. The number of benzene rings is 2. The second-order valence-corrected chi connectivity index (χ2v) is 7.00. The number of anilines is 1. The van der Waals surface area contributed by atoms with Crippen LogP contribution in [0, 0.1) is 0 Å². The molecule has 1 aromatic heterocycles. The maximum absolute atomic E-state index is 12.3. The lowest BCUT2D eigenvalue weighted by atomic mass is 10.1. The summed E-state index contributed by atoms with van der Waals surface area (Å²) in [7, 11) is 3.10. The van der Waals surface area contributed by atoms with Gasteiger partial charge in [0.1, 0.15) is 12.2 Å². The van der Waals surface area contributed by atoms with Gasteiger partial charge < -0.3 is 23.4 Å². The molecule has 33 heavy (non-hydrogen) atoms. The Balaban J connectivity index is 1.65. The molecule has 0 fully saturated rings. The summed E-state index contributed by atoms with van der Waals surface area (Å²) in [4.78, 5) is 35.8. The summed E-state index contributed by atoms with van der Waals surface area (Å²) in [5, 5.41) is 3.14. The molecule has 9 heteroatoms. The minimum Gasteiger partial charge on any atom is -0.493 e. The highest BCUT2D eigenvalue weighted by molar-refractivity contribution is 5.90. The Morgan fingerprint density at radius 2 is 1.76 bits per heavy atom. The highest BCUT2D eigenvalue weighted by Crippen LogP contribution is 2.28. The summed E-state index contributed by atoms with van der Waals surface area (Å²) in [5.74, 6) is 0.786. The molecule has 2 aromatic carbocycles. The van der Waals surface area contributed by atoms with E-state index in [1.54, 1.807) is 39.3 Å². The van der Waals surface area contributed by atoms with Crippen molar-refractivity contribution in [3.05, 3.63) is 64.0 Å². The molecule has 0 bridgehead atoms. The SMILES string of the molecule is CCOC(=O)Nc1ccc2c(COC(=O)CCc3ccc(OC)c(OC)c3)cc(=O)oc2c1. The molecule has 0 unspecified atom stereocenters. The first kappa shape index (κ1) is 23.6. The number of carbonyl (C=O) groups excluding carboxylic acids is 2. The van der Waals surface area contributed by atoms with Gasteiger partial charge in [-0.05, 0) is 43.2 Å². The van der Waals surface area contributed by atoms with Crippen molar-refractivity contribution < 1.29 is 33.0 Å². The summed E-state index contributed by atoms with van der Waals surface area (Å²) in [5.41, 5.74) is 1.48. The van der Waals surface area contributed by atoms with E-state index in [0.717, 1.165) is 5.56 Å².